The van der Waals surface area contributed by atoms with Gasteiger partial charge in [-0.3, -0.25) is 0 Å². The summed E-state index contributed by atoms with van der Waals surface area (Å²) in [6.45, 7) is 0. The second-order valence-corrected chi connectivity index (χ2v) is 3.13. The first-order valence-corrected chi connectivity index (χ1v) is 4.33. The molecule has 0 saturated carbocycles. The SMILES string of the molecule is O.O.O=C([O-])c1cc(C(=O)[O-])c(C(=O)O)cc1C(=O)O.[Cu+2]. The third-order valence-corrected chi connectivity index (χ3v) is 2.06. The smallest absolute Gasteiger partial charge is 0.545 e. The van der Waals surface area contributed by atoms with Crippen LogP contribution >= 0.6 is 0 Å². The van der Waals surface area contributed by atoms with E-state index in [4.69, 9.17) is 10.2 Å². The number of carboxylic acid groups (broad SMARTS) is 4. The van der Waals surface area contributed by atoms with Gasteiger partial charge in [-0.05, 0) is 12.1 Å². The number of hydrogen-bond donors (Lipinski definition) is 2. The van der Waals surface area contributed by atoms with Crippen molar-refractivity contribution >= 4 is 23.9 Å². The van der Waals surface area contributed by atoms with E-state index in [9.17, 15) is 29.4 Å². The minimum atomic E-state index is -1.94. The molecule has 0 heterocycles. The van der Waals surface area contributed by atoms with Crippen LogP contribution in [-0.2, 0) is 17.1 Å². The van der Waals surface area contributed by atoms with Gasteiger partial charge in [0, 0.05) is 11.1 Å². The summed E-state index contributed by atoms with van der Waals surface area (Å²) in [5, 5.41) is 38.7. The molecule has 0 atom stereocenters. The molecule has 0 spiro atoms. The molecule has 0 amide bonds. The predicted molar refractivity (Wildman–Crippen MR) is 56.2 cm³/mol. The standard InChI is InChI=1S/C10H6O8.Cu.2H2O/c11-7(12)3-1-4(8(13)14)6(10(17)18)2-5(3)9(15)16;;;/h1-2H,(H,11,12)(H,13,14)(H,15,16)(H,17,18);;2*1H2/q;+2;;/p-2. The molecule has 0 aromatic heterocycles. The minimum Gasteiger partial charge on any atom is -0.545 e. The van der Waals surface area contributed by atoms with E-state index in [1.165, 1.54) is 0 Å². The Morgan fingerprint density at radius 1 is 0.714 bits per heavy atom. The summed E-state index contributed by atoms with van der Waals surface area (Å²) < 4.78 is 0. The maximum absolute atomic E-state index is 10.7. The van der Waals surface area contributed by atoms with E-state index in [1.54, 1.807) is 0 Å². The van der Waals surface area contributed by atoms with Gasteiger partial charge in [0.25, 0.3) is 0 Å². The number of aromatic carboxylic acids is 4. The molecule has 1 rings (SSSR count). The third kappa shape index (κ3) is 4.85. The van der Waals surface area contributed by atoms with E-state index in [1.807, 2.05) is 0 Å². The Balaban J connectivity index is -0.00000108. The molecule has 11 heteroatoms. The largest absolute Gasteiger partial charge is 2.00 e. The summed E-state index contributed by atoms with van der Waals surface area (Å²) >= 11 is 0. The minimum absolute atomic E-state index is 0. The molecular weight excluding hydrogens is 344 g/mol. The molecule has 0 unspecified atom stereocenters. The Bertz CT molecular complexity index is 481. The first-order valence-electron chi connectivity index (χ1n) is 4.33. The second kappa shape index (κ2) is 8.66. The van der Waals surface area contributed by atoms with Crippen LogP contribution in [0.25, 0.3) is 0 Å². The molecule has 1 aromatic carbocycles. The van der Waals surface area contributed by atoms with E-state index in [2.05, 4.69) is 0 Å². The van der Waals surface area contributed by atoms with Gasteiger partial charge < -0.3 is 41.0 Å². The van der Waals surface area contributed by atoms with E-state index >= 15 is 0 Å². The van der Waals surface area contributed by atoms with Crippen molar-refractivity contribution in [2.24, 2.45) is 0 Å². The molecule has 0 aliphatic heterocycles. The number of rotatable bonds is 4. The average molecular weight is 352 g/mol. The number of carboxylic acids is 4. The van der Waals surface area contributed by atoms with Crippen molar-refractivity contribution < 1.29 is 67.6 Å². The molecule has 6 N–H and O–H groups in total. The van der Waals surface area contributed by atoms with Gasteiger partial charge in [-0.2, -0.15) is 0 Å². The molecule has 0 bridgehead atoms. The van der Waals surface area contributed by atoms with Crippen LogP contribution in [0.1, 0.15) is 41.4 Å². The zero-order valence-corrected chi connectivity index (χ0v) is 10.7. The van der Waals surface area contributed by atoms with E-state index in [0.717, 1.165) is 0 Å². The summed E-state index contributed by atoms with van der Waals surface area (Å²) in [6.07, 6.45) is 0. The van der Waals surface area contributed by atoms with Crippen LogP contribution in [0.3, 0.4) is 0 Å². The van der Waals surface area contributed by atoms with Crippen LogP contribution in [0, 0.1) is 0 Å². The van der Waals surface area contributed by atoms with Crippen molar-refractivity contribution in [3.05, 3.63) is 34.4 Å². The van der Waals surface area contributed by atoms with Crippen molar-refractivity contribution in [1.29, 1.82) is 0 Å². The Morgan fingerprint density at radius 3 is 1.14 bits per heavy atom. The molecule has 0 fully saturated rings. The van der Waals surface area contributed by atoms with Crippen LogP contribution in [0.15, 0.2) is 12.1 Å². The quantitative estimate of drug-likeness (QED) is 0.510. The summed E-state index contributed by atoms with van der Waals surface area (Å²) in [4.78, 5) is 42.8. The third-order valence-electron chi connectivity index (χ3n) is 2.06. The number of carbonyl (C=O) groups excluding carboxylic acids is 2. The maximum atomic E-state index is 10.7. The fourth-order valence-corrected chi connectivity index (χ4v) is 1.29. The van der Waals surface area contributed by atoms with Gasteiger partial charge in [0.1, 0.15) is 0 Å². The Kier molecular flexibility index (Phi) is 9.74. The average Bonchev–Trinajstić information content (AvgIpc) is 2.26. The van der Waals surface area contributed by atoms with Gasteiger partial charge in [0.05, 0.1) is 23.1 Å². The molecule has 119 valence electrons. The van der Waals surface area contributed by atoms with Gasteiger partial charge in [0.2, 0.25) is 0 Å². The van der Waals surface area contributed by atoms with Crippen molar-refractivity contribution in [1.82, 2.24) is 0 Å². The molecule has 1 radical (unpaired) electrons. The molecular formula is C10H8CuO10. The topological polar surface area (TPSA) is 218 Å². The molecule has 21 heavy (non-hydrogen) atoms. The van der Waals surface area contributed by atoms with Crippen LogP contribution < -0.4 is 10.2 Å². The normalized spacial score (nSPS) is 8.38. The summed E-state index contributed by atoms with van der Waals surface area (Å²) in [6, 6.07) is 0.818. The fourth-order valence-electron chi connectivity index (χ4n) is 1.29. The van der Waals surface area contributed by atoms with Crippen LogP contribution in [-0.4, -0.2) is 45.0 Å². The zero-order chi connectivity index (χ0) is 14.0. The fraction of sp³-hybridized carbons (Fsp3) is 0. The van der Waals surface area contributed by atoms with Gasteiger partial charge in [-0.25, -0.2) is 9.59 Å². The zero-order valence-electron chi connectivity index (χ0n) is 9.80. The monoisotopic (exact) mass is 351 g/mol. The van der Waals surface area contributed by atoms with Gasteiger partial charge in [-0.15, -0.1) is 0 Å². The van der Waals surface area contributed by atoms with E-state index in [0.29, 0.717) is 12.1 Å². The van der Waals surface area contributed by atoms with E-state index < -0.39 is 46.1 Å². The van der Waals surface area contributed by atoms with Crippen molar-refractivity contribution in [3.63, 3.8) is 0 Å². The van der Waals surface area contributed by atoms with Crippen molar-refractivity contribution in [2.75, 3.05) is 0 Å². The molecule has 10 nitrogen and oxygen atoms in total. The molecule has 0 saturated heterocycles. The predicted octanol–water partition coefficient (Wildman–Crippen LogP) is -3.84. The molecule has 0 aliphatic rings. The van der Waals surface area contributed by atoms with Crippen molar-refractivity contribution in [3.8, 4) is 0 Å². The molecule has 0 aliphatic carbocycles. The van der Waals surface area contributed by atoms with Gasteiger partial charge in [0.15, 0.2) is 0 Å². The number of hydrogen-bond acceptors (Lipinski definition) is 6. The Labute approximate surface area is 126 Å². The summed E-state index contributed by atoms with van der Waals surface area (Å²) in [5.74, 6) is -7.32. The number of carbonyl (C=O) groups is 4. The van der Waals surface area contributed by atoms with Gasteiger partial charge in [-0.1, -0.05) is 0 Å². The number of benzene rings is 1. The summed E-state index contributed by atoms with van der Waals surface area (Å²) in [7, 11) is 0. The van der Waals surface area contributed by atoms with Crippen LogP contribution in [0.2, 0.25) is 0 Å². The maximum Gasteiger partial charge on any atom is 2.00 e. The van der Waals surface area contributed by atoms with E-state index in [-0.39, 0.29) is 28.0 Å². The Morgan fingerprint density at radius 2 is 0.952 bits per heavy atom. The van der Waals surface area contributed by atoms with Crippen LogP contribution in [0.5, 0.6) is 0 Å². The molecule has 1 aromatic rings. The van der Waals surface area contributed by atoms with Gasteiger partial charge >= 0.3 is 29.0 Å². The Hall–Kier alpha value is -2.46. The second-order valence-electron chi connectivity index (χ2n) is 3.13. The summed E-state index contributed by atoms with van der Waals surface area (Å²) in [5.41, 5.74) is -3.63. The van der Waals surface area contributed by atoms with Crippen LogP contribution in [0.4, 0.5) is 0 Å². The first kappa shape index (κ1) is 23.6. The first-order chi connectivity index (χ1) is 8.25. The van der Waals surface area contributed by atoms with Crippen molar-refractivity contribution in [2.45, 2.75) is 0 Å².